The zero-order valence-electron chi connectivity index (χ0n) is 15.5. The van der Waals surface area contributed by atoms with Crippen LogP contribution >= 0.6 is 0 Å². The van der Waals surface area contributed by atoms with Crippen molar-refractivity contribution in [2.24, 2.45) is 0 Å². The third-order valence-corrected chi connectivity index (χ3v) is 3.15. The molecule has 0 amide bonds. The Kier molecular flexibility index (Phi) is 16.0. The number of aliphatic carboxylic acids is 2. The van der Waals surface area contributed by atoms with Gasteiger partial charge >= 0.3 is 57.4 Å². The number of hydrogen-bond acceptors (Lipinski definition) is 6. The van der Waals surface area contributed by atoms with Crippen LogP contribution in [0.25, 0.3) is 0 Å². The molecular formula is C19H23KN2O5. The number of hydrogen-bond donors (Lipinski definition) is 2. The van der Waals surface area contributed by atoms with E-state index in [0.29, 0.717) is 25.3 Å². The number of pyridine rings is 1. The number of rotatable bonds is 10. The standard InChI is InChI=1S/C10H13NO2.C9H11NO3.K/c12-10(13)8-11-7-6-9-4-2-1-3-5-9;11-9(12)2-1-7-13-8-3-5-10-6-4-8;/h1-5,11H,6-8H2,(H,12,13);3-6H,1-2,7H2,(H,11,12);/q;;+1/p-1. The predicted octanol–water partition coefficient (Wildman–Crippen LogP) is -2.10. The van der Waals surface area contributed by atoms with Gasteiger partial charge in [-0.05, 0) is 43.5 Å². The van der Waals surface area contributed by atoms with Crippen molar-refractivity contribution in [1.29, 1.82) is 0 Å². The fraction of sp³-hybridized carbons (Fsp3) is 0.316. The van der Waals surface area contributed by atoms with Gasteiger partial charge in [-0.25, -0.2) is 0 Å². The quantitative estimate of drug-likeness (QED) is 0.348. The summed E-state index contributed by atoms with van der Waals surface area (Å²) in [7, 11) is 0. The number of carbonyl (C=O) groups excluding carboxylic acids is 1. The van der Waals surface area contributed by atoms with Gasteiger partial charge in [0.25, 0.3) is 0 Å². The van der Waals surface area contributed by atoms with Crippen LogP contribution in [0.2, 0.25) is 0 Å². The molecule has 0 aliphatic heterocycles. The maximum atomic E-state index is 10.1. The zero-order chi connectivity index (χ0) is 19.0. The van der Waals surface area contributed by atoms with Crippen molar-refractivity contribution in [3.63, 3.8) is 0 Å². The van der Waals surface area contributed by atoms with Gasteiger partial charge in [-0.15, -0.1) is 0 Å². The predicted molar refractivity (Wildman–Crippen MR) is 94.6 cm³/mol. The summed E-state index contributed by atoms with van der Waals surface area (Å²) in [6, 6.07) is 13.4. The number of carboxylic acid groups (broad SMARTS) is 2. The van der Waals surface area contributed by atoms with Crippen molar-refractivity contribution in [1.82, 2.24) is 10.3 Å². The van der Waals surface area contributed by atoms with Crippen molar-refractivity contribution in [2.75, 3.05) is 19.7 Å². The van der Waals surface area contributed by atoms with E-state index in [1.165, 1.54) is 5.56 Å². The van der Waals surface area contributed by atoms with Gasteiger partial charge in [-0.3, -0.25) is 9.78 Å². The van der Waals surface area contributed by atoms with E-state index in [1.807, 2.05) is 30.3 Å². The number of aromatic nitrogens is 1. The summed E-state index contributed by atoms with van der Waals surface area (Å²) in [6.45, 7) is 1.13. The SMILES string of the molecule is O=C(O)CNCCc1ccccc1.O=C([O-])CCCOc1ccncc1.[K+]. The Morgan fingerprint density at radius 3 is 2.37 bits per heavy atom. The first-order chi connectivity index (χ1) is 12.6. The molecule has 0 bridgehead atoms. The van der Waals surface area contributed by atoms with Gasteiger partial charge < -0.3 is 25.1 Å². The van der Waals surface area contributed by atoms with Crippen LogP contribution in [-0.4, -0.2) is 41.7 Å². The first-order valence-corrected chi connectivity index (χ1v) is 8.27. The largest absolute Gasteiger partial charge is 1.00 e. The van der Waals surface area contributed by atoms with Crippen molar-refractivity contribution < 1.29 is 75.9 Å². The van der Waals surface area contributed by atoms with Crippen molar-refractivity contribution in [2.45, 2.75) is 19.3 Å². The van der Waals surface area contributed by atoms with E-state index in [4.69, 9.17) is 9.84 Å². The maximum absolute atomic E-state index is 10.1. The van der Waals surface area contributed by atoms with Crippen LogP contribution in [0.5, 0.6) is 5.75 Å². The van der Waals surface area contributed by atoms with Gasteiger partial charge in [0.05, 0.1) is 13.2 Å². The van der Waals surface area contributed by atoms with Gasteiger partial charge in [0, 0.05) is 18.4 Å². The number of ether oxygens (including phenoxy) is 1. The second-order valence-corrected chi connectivity index (χ2v) is 5.31. The second-order valence-electron chi connectivity index (χ2n) is 5.31. The molecule has 0 radical (unpaired) electrons. The Labute approximate surface area is 201 Å². The Balaban J connectivity index is 0.000000483. The minimum absolute atomic E-state index is 0. The van der Waals surface area contributed by atoms with Gasteiger partial charge in [0.1, 0.15) is 5.75 Å². The summed E-state index contributed by atoms with van der Waals surface area (Å²) >= 11 is 0. The molecule has 0 unspecified atom stereocenters. The normalized spacial score (nSPS) is 9.33. The number of carbonyl (C=O) groups is 2. The van der Waals surface area contributed by atoms with E-state index in [2.05, 4.69) is 10.3 Å². The zero-order valence-corrected chi connectivity index (χ0v) is 18.6. The number of benzene rings is 1. The van der Waals surface area contributed by atoms with Gasteiger partial charge in [0.2, 0.25) is 0 Å². The Bertz CT molecular complexity index is 584. The smallest absolute Gasteiger partial charge is 0.550 e. The average molecular weight is 399 g/mol. The van der Waals surface area contributed by atoms with Crippen LogP contribution in [0, 0.1) is 0 Å². The summed E-state index contributed by atoms with van der Waals surface area (Å²) in [5.74, 6) is -1.15. The monoisotopic (exact) mass is 398 g/mol. The first kappa shape index (κ1) is 25.7. The van der Waals surface area contributed by atoms with Crippen molar-refractivity contribution in [3.8, 4) is 5.75 Å². The van der Waals surface area contributed by atoms with Crippen LogP contribution in [-0.2, 0) is 16.0 Å². The average Bonchev–Trinajstić information content (AvgIpc) is 2.64. The molecule has 1 aromatic carbocycles. The first-order valence-electron chi connectivity index (χ1n) is 8.27. The Morgan fingerprint density at radius 1 is 1.11 bits per heavy atom. The number of nitrogens with one attached hydrogen (secondary N) is 1. The molecule has 0 spiro atoms. The van der Waals surface area contributed by atoms with E-state index in [-0.39, 0.29) is 64.4 Å². The van der Waals surface area contributed by atoms with Crippen LogP contribution in [0.1, 0.15) is 18.4 Å². The fourth-order valence-electron chi connectivity index (χ4n) is 1.91. The molecule has 2 aromatic rings. The van der Waals surface area contributed by atoms with E-state index in [1.54, 1.807) is 24.5 Å². The molecule has 0 aliphatic rings. The van der Waals surface area contributed by atoms with E-state index in [9.17, 15) is 14.7 Å². The van der Waals surface area contributed by atoms with Crippen molar-refractivity contribution >= 4 is 11.9 Å². The minimum Gasteiger partial charge on any atom is -0.550 e. The summed E-state index contributed by atoms with van der Waals surface area (Å²) in [5.41, 5.74) is 1.22. The van der Waals surface area contributed by atoms with Crippen LogP contribution in [0.15, 0.2) is 54.9 Å². The molecule has 0 atom stereocenters. The molecule has 1 aromatic heterocycles. The van der Waals surface area contributed by atoms with Gasteiger partial charge in [0.15, 0.2) is 0 Å². The van der Waals surface area contributed by atoms with Crippen LogP contribution in [0.4, 0.5) is 0 Å². The van der Waals surface area contributed by atoms with E-state index >= 15 is 0 Å². The fourth-order valence-corrected chi connectivity index (χ4v) is 1.91. The van der Waals surface area contributed by atoms with Gasteiger partial charge in [-0.2, -0.15) is 0 Å². The molecule has 0 fully saturated rings. The van der Waals surface area contributed by atoms with Crippen LogP contribution in [0.3, 0.4) is 0 Å². The molecular weight excluding hydrogens is 375 g/mol. The van der Waals surface area contributed by atoms with Crippen LogP contribution < -0.4 is 66.5 Å². The van der Waals surface area contributed by atoms with E-state index in [0.717, 1.165) is 6.42 Å². The number of carboxylic acids is 2. The molecule has 0 aliphatic carbocycles. The molecule has 0 saturated heterocycles. The molecule has 7 nitrogen and oxygen atoms in total. The Hall–Kier alpha value is -1.29. The summed E-state index contributed by atoms with van der Waals surface area (Å²) in [4.78, 5) is 24.0. The van der Waals surface area contributed by atoms with Crippen molar-refractivity contribution in [3.05, 3.63) is 60.4 Å². The third kappa shape index (κ3) is 15.5. The summed E-state index contributed by atoms with van der Waals surface area (Å²) in [6.07, 6.45) is 4.60. The number of nitrogens with zero attached hydrogens (tertiary/aromatic N) is 1. The molecule has 2 rings (SSSR count). The maximum Gasteiger partial charge on any atom is 1.00 e. The molecule has 8 heteroatoms. The second kappa shape index (κ2) is 16.8. The Morgan fingerprint density at radius 2 is 1.78 bits per heavy atom. The topological polar surface area (TPSA) is 112 Å². The molecule has 0 saturated carbocycles. The van der Waals surface area contributed by atoms with Gasteiger partial charge in [-0.1, -0.05) is 30.3 Å². The molecule has 140 valence electrons. The van der Waals surface area contributed by atoms with E-state index < -0.39 is 11.9 Å². The third-order valence-electron chi connectivity index (χ3n) is 3.15. The summed E-state index contributed by atoms with van der Waals surface area (Å²) in [5, 5.41) is 21.2. The summed E-state index contributed by atoms with van der Waals surface area (Å²) < 4.78 is 5.23. The minimum atomic E-state index is -1.04. The molecule has 27 heavy (non-hydrogen) atoms. The molecule has 2 N–H and O–H groups in total. The molecule has 1 heterocycles.